The molecule has 0 radical (unpaired) electrons. The molecular formula is C26H32N6O3S. The molecule has 3 heterocycles. The van der Waals surface area contributed by atoms with Crippen molar-refractivity contribution in [2.45, 2.75) is 57.3 Å². The molecule has 190 valence electrons. The van der Waals surface area contributed by atoms with Gasteiger partial charge in [-0.3, -0.25) is 9.59 Å². The van der Waals surface area contributed by atoms with Crippen molar-refractivity contribution in [3.63, 3.8) is 0 Å². The number of anilines is 1. The van der Waals surface area contributed by atoms with Gasteiger partial charge in [0.05, 0.1) is 21.7 Å². The van der Waals surface area contributed by atoms with Crippen LogP contribution in [0.1, 0.15) is 64.7 Å². The fourth-order valence-corrected chi connectivity index (χ4v) is 6.51. The lowest BCUT2D eigenvalue weighted by molar-refractivity contribution is -0.124. The molecule has 0 bridgehead atoms. The number of rotatable bonds is 5. The highest BCUT2D eigenvalue weighted by Gasteiger charge is 2.49. The van der Waals surface area contributed by atoms with Crippen LogP contribution in [-0.2, 0) is 10.3 Å². The zero-order valence-electron chi connectivity index (χ0n) is 20.7. The number of nitrogens with two attached hydrogens (primary N) is 3. The van der Waals surface area contributed by atoms with Crippen LogP contribution < -0.4 is 32.6 Å². The van der Waals surface area contributed by atoms with Crippen molar-refractivity contribution in [3.05, 3.63) is 51.5 Å². The van der Waals surface area contributed by atoms with Crippen molar-refractivity contribution >= 4 is 38.8 Å². The van der Waals surface area contributed by atoms with Crippen LogP contribution in [0.4, 0.5) is 5.69 Å². The number of amides is 1. The second-order valence-electron chi connectivity index (χ2n) is 9.92. The van der Waals surface area contributed by atoms with Gasteiger partial charge in [-0.1, -0.05) is 6.07 Å². The van der Waals surface area contributed by atoms with E-state index in [4.69, 9.17) is 21.9 Å². The quantitative estimate of drug-likeness (QED) is 0.328. The van der Waals surface area contributed by atoms with E-state index in [9.17, 15) is 9.59 Å². The molecule has 8 N–H and O–H groups in total. The summed E-state index contributed by atoms with van der Waals surface area (Å²) in [5.41, 5.74) is 21.2. The Hall–Kier alpha value is -3.05. The molecule has 9 nitrogen and oxygen atoms in total. The van der Waals surface area contributed by atoms with Crippen LogP contribution in [0.5, 0.6) is 5.88 Å². The first-order valence-electron chi connectivity index (χ1n) is 12.2. The summed E-state index contributed by atoms with van der Waals surface area (Å²) in [5, 5.41) is 7.08. The van der Waals surface area contributed by atoms with Gasteiger partial charge in [0.1, 0.15) is 5.54 Å². The fraction of sp³-hybridized carbons (Fsp3) is 0.423. The van der Waals surface area contributed by atoms with Crippen molar-refractivity contribution in [3.8, 4) is 5.88 Å². The van der Waals surface area contributed by atoms with Gasteiger partial charge in [-0.05, 0) is 57.4 Å². The predicted octanol–water partition coefficient (Wildman–Crippen LogP) is 2.24. The number of Topliss-reactive ketones (excluding diaryl/α,β-unsaturated/α-hetero) is 1. The van der Waals surface area contributed by atoms with E-state index in [1.165, 1.54) is 11.3 Å². The summed E-state index contributed by atoms with van der Waals surface area (Å²) in [6, 6.07) is 4.20. The molecule has 1 aliphatic carbocycles. The topological polar surface area (TPSA) is 158 Å². The number of ketones is 1. The molecule has 3 unspecified atom stereocenters. The molecule has 3 aromatic rings. The maximum atomic E-state index is 13.9. The van der Waals surface area contributed by atoms with Crippen LogP contribution in [0.3, 0.4) is 0 Å². The summed E-state index contributed by atoms with van der Waals surface area (Å²) in [6.07, 6.45) is 3.43. The molecule has 0 spiro atoms. The highest BCUT2D eigenvalue weighted by atomic mass is 32.1. The molecule has 1 aliphatic heterocycles. The molecule has 1 amide bonds. The number of hydrogen-bond acceptors (Lipinski definition) is 9. The first-order chi connectivity index (χ1) is 17.1. The number of carbonyl (C=O) groups is 2. The van der Waals surface area contributed by atoms with E-state index >= 15 is 0 Å². The second kappa shape index (κ2) is 9.11. The normalized spacial score (nSPS) is 23.8. The number of pyridine rings is 1. The third-order valence-corrected chi connectivity index (χ3v) is 8.27. The monoisotopic (exact) mass is 508 g/mol. The number of nitrogens with one attached hydrogen (secondary N) is 2. The van der Waals surface area contributed by atoms with Crippen molar-refractivity contribution < 1.29 is 14.3 Å². The highest BCUT2D eigenvalue weighted by Crippen LogP contribution is 2.49. The molecule has 0 saturated carbocycles. The first kappa shape index (κ1) is 24.6. The Balaban J connectivity index is 1.65. The summed E-state index contributed by atoms with van der Waals surface area (Å²) >= 11 is 1.26. The minimum atomic E-state index is -1.55. The number of thiophene rings is 1. The summed E-state index contributed by atoms with van der Waals surface area (Å²) in [7, 11) is 0. The molecule has 2 aliphatic rings. The first-order valence-corrected chi connectivity index (χ1v) is 13.0. The zero-order chi connectivity index (χ0) is 25.8. The largest absolute Gasteiger partial charge is 0.475 e. The van der Waals surface area contributed by atoms with E-state index in [1.807, 2.05) is 20.8 Å². The fourth-order valence-electron chi connectivity index (χ4n) is 5.30. The molecule has 3 atom stereocenters. The van der Waals surface area contributed by atoms with Gasteiger partial charge in [-0.15, -0.1) is 11.3 Å². The Kier molecular flexibility index (Phi) is 6.24. The number of hydrogen-bond donors (Lipinski definition) is 5. The molecule has 1 fully saturated rings. The molecule has 36 heavy (non-hydrogen) atoms. The standard InChI is InChI=1S/C26H32N6O3S/c1-12(2)35-18-9-13(3)16(11-31-18)26(29)15-6-7-17(27)22-19(15)20(21(28)24(26)33)23(36-22)25(34)32-14-5-4-8-30-10-14/h6-7,9,11-12,14,21,30H,4-5,8,10,27-29H2,1-3H3,(H,32,34). The zero-order valence-corrected chi connectivity index (χ0v) is 21.5. The van der Waals surface area contributed by atoms with Gasteiger partial charge in [0, 0.05) is 47.1 Å². The van der Waals surface area contributed by atoms with Crippen molar-refractivity contribution in [2.24, 2.45) is 11.5 Å². The Morgan fingerprint density at radius 1 is 1.33 bits per heavy atom. The van der Waals surface area contributed by atoms with E-state index < -0.39 is 17.4 Å². The number of aryl methyl sites for hydroxylation is 1. The number of benzene rings is 1. The third kappa shape index (κ3) is 3.85. The lowest BCUT2D eigenvalue weighted by Gasteiger charge is -2.37. The Morgan fingerprint density at radius 3 is 2.78 bits per heavy atom. The number of carbonyl (C=O) groups excluding carboxylic acids is 2. The third-order valence-electron chi connectivity index (χ3n) is 7.02. The van der Waals surface area contributed by atoms with Crippen LogP contribution >= 0.6 is 11.3 Å². The van der Waals surface area contributed by atoms with Crippen LogP contribution in [0.25, 0.3) is 10.1 Å². The predicted molar refractivity (Wildman–Crippen MR) is 141 cm³/mol. The minimum Gasteiger partial charge on any atom is -0.475 e. The van der Waals surface area contributed by atoms with E-state index in [0.29, 0.717) is 49.8 Å². The second-order valence-corrected chi connectivity index (χ2v) is 10.9. The van der Waals surface area contributed by atoms with Crippen molar-refractivity contribution in [2.75, 3.05) is 18.8 Å². The van der Waals surface area contributed by atoms with Gasteiger partial charge >= 0.3 is 0 Å². The van der Waals surface area contributed by atoms with E-state index in [2.05, 4.69) is 15.6 Å². The van der Waals surface area contributed by atoms with Crippen LogP contribution in [0, 0.1) is 6.92 Å². The van der Waals surface area contributed by atoms with Gasteiger partial charge in [0.2, 0.25) is 5.88 Å². The van der Waals surface area contributed by atoms with Crippen molar-refractivity contribution in [1.82, 2.24) is 15.6 Å². The molecule has 10 heteroatoms. The van der Waals surface area contributed by atoms with Crippen LogP contribution in [-0.4, -0.2) is 41.9 Å². The molecule has 1 saturated heterocycles. The minimum absolute atomic E-state index is 0.0184. The number of ether oxygens (including phenoxy) is 1. The Labute approximate surface area is 213 Å². The van der Waals surface area contributed by atoms with Gasteiger partial charge < -0.3 is 32.6 Å². The van der Waals surface area contributed by atoms with Gasteiger partial charge in [-0.25, -0.2) is 4.98 Å². The number of aromatic nitrogens is 1. The van der Waals surface area contributed by atoms with E-state index in [-0.39, 0.29) is 18.1 Å². The molecule has 5 rings (SSSR count). The maximum Gasteiger partial charge on any atom is 0.262 e. The SMILES string of the molecule is Cc1cc(OC(C)C)ncc1C1(N)C(=O)C(N)c2c(C(=O)NC3CCCNC3)sc3c(N)ccc1c23. The van der Waals surface area contributed by atoms with E-state index in [1.54, 1.807) is 24.4 Å². The van der Waals surface area contributed by atoms with Gasteiger partial charge in [0.25, 0.3) is 5.91 Å². The summed E-state index contributed by atoms with van der Waals surface area (Å²) in [5.74, 6) is -0.182. The average molecular weight is 509 g/mol. The van der Waals surface area contributed by atoms with Gasteiger partial charge in [-0.2, -0.15) is 0 Å². The smallest absolute Gasteiger partial charge is 0.262 e. The maximum absolute atomic E-state index is 13.9. The summed E-state index contributed by atoms with van der Waals surface area (Å²) < 4.78 is 6.42. The summed E-state index contributed by atoms with van der Waals surface area (Å²) in [4.78, 5) is 32.1. The molecule has 2 aromatic heterocycles. The number of piperidine rings is 1. The van der Waals surface area contributed by atoms with Crippen LogP contribution in [0.2, 0.25) is 0 Å². The van der Waals surface area contributed by atoms with Crippen LogP contribution in [0.15, 0.2) is 24.4 Å². The molecular weight excluding hydrogens is 476 g/mol. The van der Waals surface area contributed by atoms with E-state index in [0.717, 1.165) is 24.9 Å². The van der Waals surface area contributed by atoms with Crippen molar-refractivity contribution in [1.29, 1.82) is 0 Å². The Bertz CT molecular complexity index is 1360. The van der Waals surface area contributed by atoms with Gasteiger partial charge in [0.15, 0.2) is 5.78 Å². The number of nitrogen functional groups attached to an aromatic ring is 1. The molecule has 1 aromatic carbocycles. The average Bonchev–Trinajstić information content (AvgIpc) is 3.24. The Morgan fingerprint density at radius 2 is 2.11 bits per heavy atom. The number of nitrogens with zero attached hydrogens (tertiary/aromatic N) is 1. The summed E-state index contributed by atoms with van der Waals surface area (Å²) in [6.45, 7) is 7.35. The lowest BCUT2D eigenvalue weighted by atomic mass is 9.70. The highest BCUT2D eigenvalue weighted by molar-refractivity contribution is 7.21. The lowest BCUT2D eigenvalue weighted by Crippen LogP contribution is -2.53.